The first-order valence-corrected chi connectivity index (χ1v) is 22.2. The van der Waals surface area contributed by atoms with Crippen LogP contribution in [0.1, 0.15) is 245 Å². The quantitative estimate of drug-likeness (QED) is 0.0361. The van der Waals surface area contributed by atoms with Gasteiger partial charge in [-0.25, -0.2) is 14.1 Å². The average molecular weight is 723 g/mol. The molecule has 2 amide bonds. The van der Waals surface area contributed by atoms with Gasteiger partial charge in [-0.3, -0.25) is 0 Å². The third kappa shape index (κ3) is 35.5. The van der Waals surface area contributed by atoms with Crippen molar-refractivity contribution in [1.29, 1.82) is 0 Å². The van der Waals surface area contributed by atoms with Crippen LogP contribution in [-0.2, 0) is 9.59 Å². The van der Waals surface area contributed by atoms with Gasteiger partial charge in [0.15, 0.2) is 0 Å². The Morgan fingerprint density at radius 1 is 0.340 bits per heavy atom. The van der Waals surface area contributed by atoms with Crippen LogP contribution in [0, 0.1) is 0 Å². The smallest absolute Gasteiger partial charge is 0.320 e. The van der Waals surface area contributed by atoms with Crippen molar-refractivity contribution in [2.45, 2.75) is 245 Å². The lowest BCUT2D eigenvalue weighted by Crippen LogP contribution is -3.00. The highest BCUT2D eigenvalue weighted by atomic mass is 35.5. The zero-order valence-corrected chi connectivity index (χ0v) is 35.2. The molecule has 0 heterocycles. The van der Waals surface area contributed by atoms with E-state index in [1.807, 2.05) is 0 Å². The number of rotatable bonds is 38. The molecule has 0 bridgehead atoms. The molecule has 0 aromatic rings. The SMILES string of the molecule is CCCCCCCCC=CCCCCCCCCCCCC(=O)[N+](C)(C)C(=O)CCCCCCCCCCCC=CCCCCCCCC.[Cl-]. The van der Waals surface area contributed by atoms with E-state index in [2.05, 4.69) is 38.2 Å². The number of hydrogen-bond acceptors (Lipinski definition) is 2. The first-order valence-electron chi connectivity index (χ1n) is 22.2. The number of nitrogens with zero attached hydrogens (tertiary/aromatic N) is 1. The molecule has 3 nitrogen and oxygen atoms in total. The van der Waals surface area contributed by atoms with E-state index in [9.17, 15) is 9.59 Å². The molecule has 0 aliphatic heterocycles. The molecule has 296 valence electrons. The lowest BCUT2D eigenvalue weighted by Gasteiger charge is -2.24. The Morgan fingerprint density at radius 2 is 0.540 bits per heavy atom. The second kappa shape index (κ2) is 40.8. The zero-order valence-electron chi connectivity index (χ0n) is 34.4. The number of hydrogen-bond donors (Lipinski definition) is 0. The summed E-state index contributed by atoms with van der Waals surface area (Å²) in [4.78, 5) is 25.7. The minimum atomic E-state index is -0.0670. The number of quaternary nitrogens is 1. The fraction of sp³-hybridized carbons (Fsp3) is 0.870. The molecular weight excluding hydrogens is 634 g/mol. The molecule has 0 aliphatic carbocycles. The van der Waals surface area contributed by atoms with Crippen LogP contribution in [0.4, 0.5) is 0 Å². The summed E-state index contributed by atoms with van der Waals surface area (Å²) in [6, 6.07) is 0. The van der Waals surface area contributed by atoms with E-state index in [1.165, 1.54) is 193 Å². The normalized spacial score (nSPS) is 11.9. The predicted molar refractivity (Wildman–Crippen MR) is 218 cm³/mol. The van der Waals surface area contributed by atoms with E-state index in [0.717, 1.165) is 25.7 Å². The van der Waals surface area contributed by atoms with Crippen LogP contribution in [0.25, 0.3) is 0 Å². The van der Waals surface area contributed by atoms with Gasteiger partial charge >= 0.3 is 11.8 Å². The van der Waals surface area contributed by atoms with Crippen LogP contribution in [0.3, 0.4) is 0 Å². The molecule has 0 aromatic carbocycles. The molecule has 0 aromatic heterocycles. The Hall–Kier alpha value is -0.930. The Balaban J connectivity index is 0. The molecule has 0 N–H and O–H groups in total. The van der Waals surface area contributed by atoms with Crippen LogP contribution in [0.2, 0.25) is 0 Å². The summed E-state index contributed by atoms with van der Waals surface area (Å²) in [5.41, 5.74) is 0. The minimum absolute atomic E-state index is 0. The van der Waals surface area contributed by atoms with Crippen molar-refractivity contribution in [3.8, 4) is 0 Å². The molecular formula is C46H88ClNO2. The summed E-state index contributed by atoms with van der Waals surface area (Å²) in [5.74, 6) is 0.193. The third-order valence-electron chi connectivity index (χ3n) is 10.6. The summed E-state index contributed by atoms with van der Waals surface area (Å²) >= 11 is 0. The highest BCUT2D eigenvalue weighted by molar-refractivity contribution is 5.84. The van der Waals surface area contributed by atoms with Crippen molar-refractivity contribution in [3.05, 3.63) is 24.3 Å². The number of amides is 2. The molecule has 0 saturated heterocycles. The topological polar surface area (TPSA) is 34.1 Å². The van der Waals surface area contributed by atoms with Crippen LogP contribution < -0.4 is 12.4 Å². The second-order valence-electron chi connectivity index (χ2n) is 15.7. The molecule has 0 spiro atoms. The molecule has 0 radical (unpaired) electrons. The van der Waals surface area contributed by atoms with Gasteiger partial charge < -0.3 is 12.4 Å². The summed E-state index contributed by atoms with van der Waals surface area (Å²) < 4.78 is -0.0670. The Kier molecular flexibility index (Phi) is 41.8. The minimum Gasteiger partial charge on any atom is -1.00 e. The number of halogens is 1. The predicted octanol–water partition coefficient (Wildman–Crippen LogP) is 12.3. The largest absolute Gasteiger partial charge is 1.00 e. The lowest BCUT2D eigenvalue weighted by molar-refractivity contribution is -0.736. The molecule has 0 unspecified atom stereocenters. The fourth-order valence-corrected chi connectivity index (χ4v) is 6.81. The van der Waals surface area contributed by atoms with Crippen LogP contribution in [-0.4, -0.2) is 30.4 Å². The first-order chi connectivity index (χ1) is 24.0. The molecule has 50 heavy (non-hydrogen) atoms. The van der Waals surface area contributed by atoms with E-state index in [0.29, 0.717) is 12.8 Å². The number of unbranched alkanes of at least 4 members (excludes halogenated alkanes) is 30. The summed E-state index contributed by atoms with van der Waals surface area (Å²) in [7, 11) is 3.61. The number of carbonyl (C=O) groups excluding carboxylic acids is 2. The maximum atomic E-state index is 12.8. The van der Waals surface area contributed by atoms with Crippen molar-refractivity contribution < 1.29 is 26.5 Å². The van der Waals surface area contributed by atoms with E-state index in [1.54, 1.807) is 14.1 Å². The highest BCUT2D eigenvalue weighted by Crippen LogP contribution is 2.17. The van der Waals surface area contributed by atoms with Crippen molar-refractivity contribution in [1.82, 2.24) is 0 Å². The lowest BCUT2D eigenvalue weighted by atomic mass is 10.0. The van der Waals surface area contributed by atoms with Gasteiger partial charge in [0.2, 0.25) is 0 Å². The van der Waals surface area contributed by atoms with Crippen molar-refractivity contribution in [2.75, 3.05) is 14.1 Å². The molecule has 0 saturated carbocycles. The van der Waals surface area contributed by atoms with E-state index in [4.69, 9.17) is 0 Å². The Labute approximate surface area is 320 Å². The summed E-state index contributed by atoms with van der Waals surface area (Å²) in [5, 5.41) is 0. The van der Waals surface area contributed by atoms with Crippen molar-refractivity contribution in [3.63, 3.8) is 0 Å². The Bertz CT molecular complexity index is 712. The zero-order chi connectivity index (χ0) is 35.9. The van der Waals surface area contributed by atoms with Gasteiger partial charge in [0.05, 0.1) is 26.9 Å². The van der Waals surface area contributed by atoms with Gasteiger partial charge in [0.1, 0.15) is 0 Å². The van der Waals surface area contributed by atoms with Gasteiger partial charge in [-0.05, 0) is 64.2 Å². The van der Waals surface area contributed by atoms with E-state index in [-0.39, 0.29) is 28.7 Å². The molecule has 0 aliphatic rings. The van der Waals surface area contributed by atoms with E-state index >= 15 is 0 Å². The van der Waals surface area contributed by atoms with Gasteiger partial charge in [0, 0.05) is 0 Å². The van der Waals surface area contributed by atoms with E-state index < -0.39 is 0 Å². The monoisotopic (exact) mass is 722 g/mol. The first kappa shape index (κ1) is 51.2. The number of allylic oxidation sites excluding steroid dienone is 4. The van der Waals surface area contributed by atoms with Gasteiger partial charge in [-0.2, -0.15) is 0 Å². The van der Waals surface area contributed by atoms with Crippen LogP contribution in [0.15, 0.2) is 24.3 Å². The van der Waals surface area contributed by atoms with Gasteiger partial charge in [-0.15, -0.1) is 0 Å². The highest BCUT2D eigenvalue weighted by Gasteiger charge is 2.33. The van der Waals surface area contributed by atoms with Crippen LogP contribution >= 0.6 is 0 Å². The van der Waals surface area contributed by atoms with Gasteiger partial charge in [-0.1, -0.05) is 192 Å². The second-order valence-corrected chi connectivity index (χ2v) is 15.7. The summed E-state index contributed by atoms with van der Waals surface area (Å²) in [6.07, 6.45) is 54.9. The standard InChI is InChI=1S/C46H88NO2.ClH/c1-5-7-9-11-13-15-17-19-21-23-25-27-29-31-33-35-37-39-41-43-45(48)47(3,4)46(49)44-42-40-38-36-34-32-30-28-26-24-22-20-18-16-14-12-10-8-6-2;/h19-22H,5-18,23-44H2,1-4H3;1H/q+1;/p-1. The molecule has 0 rings (SSSR count). The third-order valence-corrected chi connectivity index (χ3v) is 10.6. The van der Waals surface area contributed by atoms with Crippen molar-refractivity contribution in [2.24, 2.45) is 0 Å². The number of carbonyl (C=O) groups is 2. The summed E-state index contributed by atoms with van der Waals surface area (Å²) in [6.45, 7) is 4.56. The molecule has 4 heteroatoms. The fourth-order valence-electron chi connectivity index (χ4n) is 6.81. The van der Waals surface area contributed by atoms with Crippen molar-refractivity contribution >= 4 is 11.8 Å². The molecule has 0 fully saturated rings. The Morgan fingerprint density at radius 3 is 0.780 bits per heavy atom. The maximum Gasteiger partial charge on any atom is 0.320 e. The average Bonchev–Trinajstić information content (AvgIpc) is 3.10. The number of imide groups is 1. The van der Waals surface area contributed by atoms with Gasteiger partial charge in [0.25, 0.3) is 0 Å². The van der Waals surface area contributed by atoms with Crippen LogP contribution in [0.5, 0.6) is 0 Å². The molecule has 0 atom stereocenters. The maximum absolute atomic E-state index is 12.8.